The zero-order valence-corrected chi connectivity index (χ0v) is 11.3. The number of esters is 1. The average Bonchev–Trinajstić information content (AvgIpc) is 2.36. The Bertz CT molecular complexity index is 368. The van der Waals surface area contributed by atoms with E-state index < -0.39 is 0 Å². The summed E-state index contributed by atoms with van der Waals surface area (Å²) < 4.78 is 4.75. The molecule has 0 fully saturated rings. The minimum atomic E-state index is -0.276. The number of rotatable bonds is 6. The monoisotopic (exact) mass is 253 g/mol. The van der Waals surface area contributed by atoms with Gasteiger partial charge in [0.15, 0.2) is 0 Å². The fourth-order valence-corrected chi connectivity index (χ4v) is 2.35. The van der Waals surface area contributed by atoms with Crippen molar-refractivity contribution in [3.05, 3.63) is 29.8 Å². The van der Waals surface area contributed by atoms with Crippen LogP contribution >= 0.6 is 11.8 Å². The maximum Gasteiger partial charge on any atom is 0.323 e. The van der Waals surface area contributed by atoms with E-state index in [1.165, 1.54) is 12.0 Å². The second kappa shape index (κ2) is 7.35. The second-order valence-corrected chi connectivity index (χ2v) is 4.99. The number of methoxy groups -OCH3 is 1. The lowest BCUT2D eigenvalue weighted by atomic mass is 10.1. The predicted octanol–water partition coefficient (Wildman–Crippen LogP) is 2.10. The first kappa shape index (κ1) is 14.1. The Morgan fingerprint density at radius 3 is 2.88 bits per heavy atom. The van der Waals surface area contributed by atoms with Gasteiger partial charge in [-0.25, -0.2) is 0 Å². The first-order valence-electron chi connectivity index (χ1n) is 5.68. The first-order chi connectivity index (χ1) is 8.21. The summed E-state index contributed by atoms with van der Waals surface area (Å²) in [7, 11) is 3.18. The van der Waals surface area contributed by atoms with Gasteiger partial charge in [0.25, 0.3) is 0 Å². The van der Waals surface area contributed by atoms with Crippen LogP contribution in [0, 0.1) is 0 Å². The van der Waals surface area contributed by atoms with Crippen LogP contribution in [-0.4, -0.2) is 31.9 Å². The van der Waals surface area contributed by atoms with Crippen molar-refractivity contribution in [3.63, 3.8) is 0 Å². The van der Waals surface area contributed by atoms with E-state index in [2.05, 4.69) is 24.4 Å². The fraction of sp³-hybridized carbons (Fsp3) is 0.462. The maximum atomic E-state index is 11.5. The molecule has 0 bridgehead atoms. The van der Waals surface area contributed by atoms with Crippen LogP contribution in [0.1, 0.15) is 12.5 Å². The molecule has 1 atom stereocenters. The van der Waals surface area contributed by atoms with E-state index >= 15 is 0 Å². The highest BCUT2D eigenvalue weighted by molar-refractivity contribution is 7.99. The SMILES string of the molecule is CCSc1cccc(C[C@H](NC)C(=O)OC)c1. The van der Waals surface area contributed by atoms with Crippen LogP contribution in [-0.2, 0) is 16.0 Å². The van der Waals surface area contributed by atoms with E-state index in [0.717, 1.165) is 11.3 Å². The van der Waals surface area contributed by atoms with Crippen LogP contribution in [0.5, 0.6) is 0 Å². The van der Waals surface area contributed by atoms with Gasteiger partial charge in [-0.15, -0.1) is 11.8 Å². The van der Waals surface area contributed by atoms with Gasteiger partial charge in [0.2, 0.25) is 0 Å². The molecule has 3 nitrogen and oxygen atoms in total. The molecule has 0 saturated carbocycles. The van der Waals surface area contributed by atoms with Gasteiger partial charge in [-0.2, -0.15) is 0 Å². The van der Waals surface area contributed by atoms with E-state index in [4.69, 9.17) is 4.74 Å². The van der Waals surface area contributed by atoms with Crippen LogP contribution in [0.25, 0.3) is 0 Å². The van der Waals surface area contributed by atoms with Crippen LogP contribution in [0.2, 0.25) is 0 Å². The summed E-state index contributed by atoms with van der Waals surface area (Å²) in [5.41, 5.74) is 1.15. The summed E-state index contributed by atoms with van der Waals surface area (Å²) in [6.45, 7) is 2.13. The third-order valence-corrected chi connectivity index (χ3v) is 3.36. The van der Waals surface area contributed by atoms with Crippen LogP contribution in [0.3, 0.4) is 0 Å². The standard InChI is InChI=1S/C13H19NO2S/c1-4-17-11-7-5-6-10(8-11)9-12(14-2)13(15)16-3/h5-8,12,14H,4,9H2,1-3H3/t12-/m0/s1. The summed E-state index contributed by atoms with van der Waals surface area (Å²) in [5, 5.41) is 2.97. The molecule has 1 N–H and O–H groups in total. The number of hydrogen-bond acceptors (Lipinski definition) is 4. The maximum absolute atomic E-state index is 11.5. The molecule has 0 spiro atoms. The van der Waals surface area contributed by atoms with Crippen LogP contribution < -0.4 is 5.32 Å². The van der Waals surface area contributed by atoms with Crippen molar-refractivity contribution in [1.29, 1.82) is 0 Å². The smallest absolute Gasteiger partial charge is 0.323 e. The second-order valence-electron chi connectivity index (χ2n) is 3.65. The number of nitrogens with one attached hydrogen (secondary N) is 1. The molecule has 0 amide bonds. The van der Waals surface area contributed by atoms with Crippen molar-refractivity contribution in [2.24, 2.45) is 0 Å². The third-order valence-electron chi connectivity index (χ3n) is 2.48. The highest BCUT2D eigenvalue weighted by Gasteiger charge is 2.17. The first-order valence-corrected chi connectivity index (χ1v) is 6.66. The van der Waals surface area contributed by atoms with Crippen molar-refractivity contribution in [2.45, 2.75) is 24.3 Å². The summed E-state index contributed by atoms with van der Waals surface area (Å²) in [5.74, 6) is 0.830. The molecule has 4 heteroatoms. The van der Waals surface area contributed by atoms with Gasteiger partial charge in [0, 0.05) is 4.90 Å². The Morgan fingerprint density at radius 1 is 1.53 bits per heavy atom. The van der Waals surface area contributed by atoms with Crippen molar-refractivity contribution in [3.8, 4) is 0 Å². The Morgan fingerprint density at radius 2 is 2.29 bits per heavy atom. The number of thioether (sulfide) groups is 1. The van der Waals surface area contributed by atoms with Crippen molar-refractivity contribution >= 4 is 17.7 Å². The highest BCUT2D eigenvalue weighted by atomic mass is 32.2. The summed E-state index contributed by atoms with van der Waals surface area (Å²) in [4.78, 5) is 12.7. The molecule has 1 aromatic carbocycles. The van der Waals surface area contributed by atoms with Gasteiger partial charge in [-0.1, -0.05) is 19.1 Å². The van der Waals surface area contributed by atoms with Gasteiger partial charge in [0.1, 0.15) is 6.04 Å². The summed E-state index contributed by atoms with van der Waals surface area (Å²) in [6, 6.07) is 8.00. The number of carbonyl (C=O) groups is 1. The van der Waals surface area contributed by atoms with E-state index in [-0.39, 0.29) is 12.0 Å². The number of likely N-dealkylation sites (N-methyl/N-ethyl adjacent to an activating group) is 1. The predicted molar refractivity (Wildman–Crippen MR) is 71.4 cm³/mol. The lowest BCUT2D eigenvalue weighted by Crippen LogP contribution is -2.36. The van der Waals surface area contributed by atoms with E-state index in [1.807, 2.05) is 12.1 Å². The molecule has 0 radical (unpaired) electrons. The minimum Gasteiger partial charge on any atom is -0.468 e. The Hall–Kier alpha value is -1.00. The number of benzene rings is 1. The van der Waals surface area contributed by atoms with Gasteiger partial charge in [-0.3, -0.25) is 4.79 Å². The highest BCUT2D eigenvalue weighted by Crippen LogP contribution is 2.19. The van der Waals surface area contributed by atoms with Crippen LogP contribution in [0.4, 0.5) is 0 Å². The Kier molecular flexibility index (Phi) is 6.08. The molecule has 0 heterocycles. The molecule has 0 saturated heterocycles. The molecule has 0 aliphatic carbocycles. The Labute approximate surface area is 107 Å². The summed E-state index contributed by atoms with van der Waals surface area (Å²) >= 11 is 1.80. The molecule has 0 aromatic heterocycles. The lowest BCUT2D eigenvalue weighted by Gasteiger charge is -2.14. The van der Waals surface area contributed by atoms with Gasteiger partial charge >= 0.3 is 5.97 Å². The third kappa shape index (κ3) is 4.40. The molecule has 0 aliphatic heterocycles. The van der Waals surface area contributed by atoms with Crippen LogP contribution in [0.15, 0.2) is 29.2 Å². The molecular formula is C13H19NO2S. The zero-order valence-electron chi connectivity index (χ0n) is 10.5. The molecule has 0 aliphatic rings. The van der Waals surface area contributed by atoms with Crippen molar-refractivity contribution in [2.75, 3.05) is 19.9 Å². The molecule has 1 aromatic rings. The zero-order chi connectivity index (χ0) is 12.7. The quantitative estimate of drug-likeness (QED) is 0.622. The molecule has 17 heavy (non-hydrogen) atoms. The normalized spacial score (nSPS) is 12.2. The topological polar surface area (TPSA) is 38.3 Å². The van der Waals surface area contributed by atoms with Gasteiger partial charge in [-0.05, 0) is 36.9 Å². The molecular weight excluding hydrogens is 234 g/mol. The van der Waals surface area contributed by atoms with E-state index in [1.54, 1.807) is 18.8 Å². The number of ether oxygens (including phenoxy) is 1. The molecule has 1 rings (SSSR count). The minimum absolute atomic E-state index is 0.221. The van der Waals surface area contributed by atoms with Gasteiger partial charge < -0.3 is 10.1 Å². The number of hydrogen-bond donors (Lipinski definition) is 1. The van der Waals surface area contributed by atoms with Crippen molar-refractivity contribution in [1.82, 2.24) is 5.32 Å². The van der Waals surface area contributed by atoms with Crippen molar-refractivity contribution < 1.29 is 9.53 Å². The fourth-order valence-electron chi connectivity index (χ4n) is 1.61. The Balaban J connectivity index is 2.72. The van der Waals surface area contributed by atoms with E-state index in [9.17, 15) is 4.79 Å². The van der Waals surface area contributed by atoms with E-state index in [0.29, 0.717) is 6.42 Å². The number of carbonyl (C=O) groups excluding carboxylic acids is 1. The summed E-state index contributed by atoms with van der Waals surface area (Å²) in [6.07, 6.45) is 0.654. The van der Waals surface area contributed by atoms with Gasteiger partial charge in [0.05, 0.1) is 7.11 Å². The molecule has 0 unspecified atom stereocenters. The molecule has 94 valence electrons. The lowest BCUT2D eigenvalue weighted by molar-refractivity contribution is -0.142. The largest absolute Gasteiger partial charge is 0.468 e. The average molecular weight is 253 g/mol.